The molecular formula is C16H22O. The molecule has 1 nitrogen and oxygen atoms in total. The van der Waals surface area contributed by atoms with Gasteiger partial charge in [0.25, 0.3) is 0 Å². The molecule has 0 radical (unpaired) electrons. The molecule has 0 bridgehead atoms. The van der Waals surface area contributed by atoms with E-state index in [0.717, 1.165) is 25.7 Å². The molecule has 1 aromatic carbocycles. The van der Waals surface area contributed by atoms with Crippen LogP contribution in [-0.2, 0) is 4.79 Å². The SMILES string of the molecule is CCCCC(C(=O)C1CCC1)c1ccccc1. The molecule has 1 aliphatic carbocycles. The van der Waals surface area contributed by atoms with Crippen LogP contribution in [0.15, 0.2) is 30.3 Å². The van der Waals surface area contributed by atoms with Gasteiger partial charge in [0.15, 0.2) is 0 Å². The number of benzene rings is 1. The first-order valence-corrected chi connectivity index (χ1v) is 6.91. The number of unbranched alkanes of at least 4 members (excludes halogenated alkanes) is 1. The van der Waals surface area contributed by atoms with E-state index in [-0.39, 0.29) is 5.92 Å². The molecule has 1 aliphatic rings. The number of ketones is 1. The summed E-state index contributed by atoms with van der Waals surface area (Å²) in [4.78, 5) is 12.4. The number of carbonyl (C=O) groups is 1. The summed E-state index contributed by atoms with van der Waals surface area (Å²) in [6.45, 7) is 2.19. The largest absolute Gasteiger partial charge is 0.299 e. The van der Waals surface area contributed by atoms with Crippen molar-refractivity contribution in [2.75, 3.05) is 0 Å². The summed E-state index contributed by atoms with van der Waals surface area (Å²) in [6, 6.07) is 10.3. The Morgan fingerprint density at radius 2 is 2.00 bits per heavy atom. The number of hydrogen-bond donors (Lipinski definition) is 0. The highest BCUT2D eigenvalue weighted by Gasteiger charge is 2.31. The van der Waals surface area contributed by atoms with Crippen LogP contribution in [0.25, 0.3) is 0 Å². The van der Waals surface area contributed by atoms with Gasteiger partial charge in [-0.2, -0.15) is 0 Å². The topological polar surface area (TPSA) is 17.1 Å². The van der Waals surface area contributed by atoms with Crippen molar-refractivity contribution in [2.45, 2.75) is 51.4 Å². The fourth-order valence-corrected chi connectivity index (χ4v) is 2.54. The van der Waals surface area contributed by atoms with Crippen LogP contribution in [-0.4, -0.2) is 5.78 Å². The summed E-state index contributed by atoms with van der Waals surface area (Å²) in [6.07, 6.45) is 6.82. The average Bonchev–Trinajstić information content (AvgIpc) is 2.29. The molecule has 1 aromatic rings. The zero-order valence-electron chi connectivity index (χ0n) is 10.7. The van der Waals surface area contributed by atoms with E-state index >= 15 is 0 Å². The molecule has 92 valence electrons. The third-order valence-corrected chi connectivity index (χ3v) is 3.90. The van der Waals surface area contributed by atoms with Gasteiger partial charge in [-0.3, -0.25) is 4.79 Å². The standard InChI is InChI=1S/C16H22O/c1-2-3-12-15(13-8-5-4-6-9-13)16(17)14-10-7-11-14/h4-6,8-9,14-15H,2-3,7,10-12H2,1H3. The molecule has 0 N–H and O–H groups in total. The van der Waals surface area contributed by atoms with Gasteiger partial charge >= 0.3 is 0 Å². The van der Waals surface area contributed by atoms with Gasteiger partial charge in [-0.1, -0.05) is 56.5 Å². The fourth-order valence-electron chi connectivity index (χ4n) is 2.54. The monoisotopic (exact) mass is 230 g/mol. The van der Waals surface area contributed by atoms with E-state index in [4.69, 9.17) is 0 Å². The molecule has 1 saturated carbocycles. The summed E-state index contributed by atoms with van der Waals surface area (Å²) in [5.74, 6) is 1.01. The van der Waals surface area contributed by atoms with E-state index < -0.39 is 0 Å². The summed E-state index contributed by atoms with van der Waals surface area (Å²) >= 11 is 0. The summed E-state index contributed by atoms with van der Waals surface area (Å²) in [7, 11) is 0. The molecule has 0 aliphatic heterocycles. The highest BCUT2D eigenvalue weighted by Crippen LogP contribution is 2.35. The number of carbonyl (C=O) groups excluding carboxylic acids is 1. The van der Waals surface area contributed by atoms with Gasteiger partial charge in [0, 0.05) is 11.8 Å². The molecule has 0 aromatic heterocycles. The van der Waals surface area contributed by atoms with Crippen molar-refractivity contribution < 1.29 is 4.79 Å². The molecule has 1 atom stereocenters. The summed E-state index contributed by atoms with van der Waals surface area (Å²) in [5, 5.41) is 0. The average molecular weight is 230 g/mol. The summed E-state index contributed by atoms with van der Waals surface area (Å²) < 4.78 is 0. The molecule has 17 heavy (non-hydrogen) atoms. The highest BCUT2D eigenvalue weighted by atomic mass is 16.1. The van der Waals surface area contributed by atoms with E-state index in [2.05, 4.69) is 19.1 Å². The minimum absolute atomic E-state index is 0.154. The van der Waals surface area contributed by atoms with Crippen LogP contribution in [0, 0.1) is 5.92 Å². The van der Waals surface area contributed by atoms with Gasteiger partial charge in [0.2, 0.25) is 0 Å². The van der Waals surface area contributed by atoms with Crippen LogP contribution in [0.3, 0.4) is 0 Å². The lowest BCUT2D eigenvalue weighted by atomic mass is 9.75. The van der Waals surface area contributed by atoms with Crippen molar-refractivity contribution in [1.82, 2.24) is 0 Å². The summed E-state index contributed by atoms with van der Waals surface area (Å²) in [5.41, 5.74) is 1.22. The Bertz CT molecular complexity index is 351. The third-order valence-electron chi connectivity index (χ3n) is 3.90. The fraction of sp³-hybridized carbons (Fsp3) is 0.562. The first-order valence-electron chi connectivity index (χ1n) is 6.91. The molecular weight excluding hydrogens is 208 g/mol. The Balaban J connectivity index is 2.09. The quantitative estimate of drug-likeness (QED) is 0.711. The molecule has 0 heterocycles. The van der Waals surface area contributed by atoms with Crippen LogP contribution < -0.4 is 0 Å². The van der Waals surface area contributed by atoms with Gasteiger partial charge in [-0.15, -0.1) is 0 Å². The zero-order valence-corrected chi connectivity index (χ0v) is 10.7. The van der Waals surface area contributed by atoms with Gasteiger partial charge in [0.1, 0.15) is 5.78 Å². The van der Waals surface area contributed by atoms with E-state index in [9.17, 15) is 4.79 Å². The molecule has 2 rings (SSSR count). The molecule has 1 unspecified atom stereocenters. The Morgan fingerprint density at radius 3 is 2.53 bits per heavy atom. The molecule has 0 amide bonds. The van der Waals surface area contributed by atoms with E-state index in [1.807, 2.05) is 18.2 Å². The highest BCUT2D eigenvalue weighted by molar-refractivity contribution is 5.88. The smallest absolute Gasteiger partial charge is 0.143 e. The lowest BCUT2D eigenvalue weighted by molar-refractivity contribution is -0.126. The van der Waals surface area contributed by atoms with Crippen molar-refractivity contribution in [3.63, 3.8) is 0 Å². The maximum absolute atomic E-state index is 12.4. The van der Waals surface area contributed by atoms with Crippen molar-refractivity contribution >= 4 is 5.78 Å². The van der Waals surface area contributed by atoms with Gasteiger partial charge < -0.3 is 0 Å². The van der Waals surface area contributed by atoms with Crippen LogP contribution >= 0.6 is 0 Å². The van der Waals surface area contributed by atoms with Crippen molar-refractivity contribution in [3.05, 3.63) is 35.9 Å². The molecule has 1 fully saturated rings. The van der Waals surface area contributed by atoms with E-state index in [1.165, 1.54) is 18.4 Å². The van der Waals surface area contributed by atoms with E-state index in [1.54, 1.807) is 0 Å². The number of hydrogen-bond acceptors (Lipinski definition) is 1. The van der Waals surface area contributed by atoms with E-state index in [0.29, 0.717) is 11.7 Å². The van der Waals surface area contributed by atoms with Crippen LogP contribution in [0.2, 0.25) is 0 Å². The first-order chi connectivity index (χ1) is 8.33. The van der Waals surface area contributed by atoms with Crippen LogP contribution in [0.1, 0.15) is 56.9 Å². The Morgan fingerprint density at radius 1 is 1.29 bits per heavy atom. The second-order valence-corrected chi connectivity index (χ2v) is 5.14. The maximum Gasteiger partial charge on any atom is 0.143 e. The first kappa shape index (κ1) is 12.3. The lowest BCUT2D eigenvalue weighted by Gasteiger charge is -2.28. The van der Waals surface area contributed by atoms with Crippen molar-refractivity contribution in [3.8, 4) is 0 Å². The molecule has 0 saturated heterocycles. The maximum atomic E-state index is 12.4. The number of Topliss-reactive ketones (excluding diaryl/α,β-unsaturated/α-hetero) is 1. The zero-order chi connectivity index (χ0) is 12.1. The predicted molar refractivity (Wildman–Crippen MR) is 71.1 cm³/mol. The Kier molecular flexibility index (Phi) is 4.36. The minimum Gasteiger partial charge on any atom is -0.299 e. The van der Waals surface area contributed by atoms with Gasteiger partial charge in [-0.25, -0.2) is 0 Å². The molecule has 0 spiro atoms. The van der Waals surface area contributed by atoms with Crippen molar-refractivity contribution in [2.24, 2.45) is 5.92 Å². The molecule has 1 heteroatoms. The van der Waals surface area contributed by atoms with Crippen molar-refractivity contribution in [1.29, 1.82) is 0 Å². The minimum atomic E-state index is 0.154. The second-order valence-electron chi connectivity index (χ2n) is 5.14. The van der Waals surface area contributed by atoms with Gasteiger partial charge in [-0.05, 0) is 24.8 Å². The second kappa shape index (κ2) is 6.00. The normalized spacial score (nSPS) is 17.5. The Labute approximate surface area is 104 Å². The Hall–Kier alpha value is -1.11. The number of rotatable bonds is 6. The third kappa shape index (κ3) is 2.96. The van der Waals surface area contributed by atoms with Crippen LogP contribution in [0.4, 0.5) is 0 Å². The predicted octanol–water partition coefficient (Wildman–Crippen LogP) is 4.33. The lowest BCUT2D eigenvalue weighted by Crippen LogP contribution is -2.27. The van der Waals surface area contributed by atoms with Crippen LogP contribution in [0.5, 0.6) is 0 Å². The van der Waals surface area contributed by atoms with Gasteiger partial charge in [0.05, 0.1) is 0 Å².